The van der Waals surface area contributed by atoms with Crippen molar-refractivity contribution in [3.05, 3.63) is 59.1 Å². The Morgan fingerprint density at radius 1 is 0.885 bits per heavy atom. The highest BCUT2D eigenvalue weighted by Gasteiger charge is 2.39. The summed E-state index contributed by atoms with van der Waals surface area (Å²) in [6.45, 7) is 4.79. The Morgan fingerprint density at radius 3 is 2.19 bits per heavy atom. The average Bonchev–Trinajstić information content (AvgIpc) is 2.86. The predicted molar refractivity (Wildman–Crippen MR) is 100 cm³/mol. The zero-order valence-corrected chi connectivity index (χ0v) is 15.2. The summed E-state index contributed by atoms with van der Waals surface area (Å²) in [4.78, 5) is 26.6. The molecule has 0 unspecified atom stereocenters. The fourth-order valence-corrected chi connectivity index (χ4v) is 3.03. The van der Waals surface area contributed by atoms with Crippen LogP contribution in [0.4, 0.5) is 5.69 Å². The number of halogens is 1. The standard InChI is InChI=1S/C20H18ClNO4/c1-3-25-15-10-8-13(9-11-15)17-18(21)20(24)22(19(17)23)14-6-5-7-16(12-14)26-4-2/h5-12H,3-4H2,1-2H3. The number of amides is 2. The lowest BCUT2D eigenvalue weighted by atomic mass is 10.1. The first-order valence-corrected chi connectivity index (χ1v) is 8.69. The molecule has 1 aliphatic heterocycles. The number of hydrogen-bond acceptors (Lipinski definition) is 4. The van der Waals surface area contributed by atoms with Gasteiger partial charge in [0.05, 0.1) is 24.5 Å². The smallest absolute Gasteiger partial charge is 0.277 e. The van der Waals surface area contributed by atoms with Gasteiger partial charge in [0.15, 0.2) is 0 Å². The van der Waals surface area contributed by atoms with Crippen molar-refractivity contribution in [2.45, 2.75) is 13.8 Å². The van der Waals surface area contributed by atoms with Crippen LogP contribution in [0, 0.1) is 0 Å². The van der Waals surface area contributed by atoms with Gasteiger partial charge in [0.1, 0.15) is 16.5 Å². The Bertz CT molecular complexity index is 874. The van der Waals surface area contributed by atoms with Crippen molar-refractivity contribution in [1.82, 2.24) is 0 Å². The van der Waals surface area contributed by atoms with Crippen LogP contribution in [0.15, 0.2) is 53.6 Å². The summed E-state index contributed by atoms with van der Waals surface area (Å²) in [5.41, 5.74) is 1.17. The van der Waals surface area contributed by atoms with E-state index in [1.54, 1.807) is 48.5 Å². The topological polar surface area (TPSA) is 55.8 Å². The molecule has 6 heteroatoms. The van der Waals surface area contributed by atoms with Gasteiger partial charge in [0.2, 0.25) is 0 Å². The molecule has 1 aliphatic rings. The molecule has 134 valence electrons. The van der Waals surface area contributed by atoms with Crippen LogP contribution in [0.3, 0.4) is 0 Å². The Labute approximate surface area is 156 Å². The Morgan fingerprint density at radius 2 is 1.54 bits per heavy atom. The van der Waals surface area contributed by atoms with E-state index in [9.17, 15) is 9.59 Å². The minimum atomic E-state index is -0.547. The van der Waals surface area contributed by atoms with E-state index in [1.165, 1.54) is 0 Å². The molecule has 0 aliphatic carbocycles. The van der Waals surface area contributed by atoms with Crippen molar-refractivity contribution >= 4 is 34.7 Å². The van der Waals surface area contributed by atoms with Crippen LogP contribution in [0.25, 0.3) is 5.57 Å². The van der Waals surface area contributed by atoms with Crippen LogP contribution < -0.4 is 14.4 Å². The number of hydrogen-bond donors (Lipinski definition) is 0. The molecular weight excluding hydrogens is 354 g/mol. The minimum absolute atomic E-state index is 0.0963. The number of anilines is 1. The van der Waals surface area contributed by atoms with Crippen LogP contribution in [-0.4, -0.2) is 25.0 Å². The van der Waals surface area contributed by atoms with E-state index in [-0.39, 0.29) is 10.6 Å². The molecule has 0 N–H and O–H groups in total. The van der Waals surface area contributed by atoms with Crippen molar-refractivity contribution < 1.29 is 19.1 Å². The van der Waals surface area contributed by atoms with Gasteiger partial charge in [0.25, 0.3) is 11.8 Å². The molecule has 2 aromatic carbocycles. The highest BCUT2D eigenvalue weighted by atomic mass is 35.5. The fraction of sp³-hybridized carbons (Fsp3) is 0.200. The monoisotopic (exact) mass is 371 g/mol. The van der Waals surface area contributed by atoms with Crippen LogP contribution in [0.1, 0.15) is 19.4 Å². The summed E-state index contributed by atoms with van der Waals surface area (Å²) >= 11 is 6.21. The Kier molecular flexibility index (Phi) is 5.28. The molecule has 2 aromatic rings. The average molecular weight is 372 g/mol. The van der Waals surface area contributed by atoms with E-state index in [1.807, 2.05) is 13.8 Å². The number of nitrogens with zero attached hydrogens (tertiary/aromatic N) is 1. The molecule has 3 rings (SSSR count). The first-order valence-electron chi connectivity index (χ1n) is 8.31. The van der Waals surface area contributed by atoms with E-state index < -0.39 is 11.8 Å². The van der Waals surface area contributed by atoms with Crippen molar-refractivity contribution in [2.75, 3.05) is 18.1 Å². The number of rotatable bonds is 6. The SMILES string of the molecule is CCOc1ccc(C2=C(Cl)C(=O)N(c3cccc(OCC)c3)C2=O)cc1. The second kappa shape index (κ2) is 7.62. The highest BCUT2D eigenvalue weighted by Crippen LogP contribution is 2.36. The molecule has 1 heterocycles. The summed E-state index contributed by atoms with van der Waals surface area (Å²) < 4.78 is 10.8. The van der Waals surface area contributed by atoms with Gasteiger partial charge in [-0.3, -0.25) is 9.59 Å². The second-order valence-electron chi connectivity index (χ2n) is 5.52. The molecule has 0 fully saturated rings. The Hall–Kier alpha value is -2.79. The summed E-state index contributed by atoms with van der Waals surface area (Å²) in [6, 6.07) is 13.7. The van der Waals surface area contributed by atoms with E-state index in [0.29, 0.717) is 36.0 Å². The number of carbonyl (C=O) groups is 2. The second-order valence-corrected chi connectivity index (χ2v) is 5.90. The number of benzene rings is 2. The zero-order valence-electron chi connectivity index (χ0n) is 14.5. The third-order valence-electron chi connectivity index (χ3n) is 3.87. The van der Waals surface area contributed by atoms with Crippen molar-refractivity contribution in [2.24, 2.45) is 0 Å². The molecule has 2 amide bonds. The predicted octanol–water partition coefficient (Wildman–Crippen LogP) is 4.01. The first kappa shape index (κ1) is 18.0. The molecule has 0 spiro atoms. The number of ether oxygens (including phenoxy) is 2. The van der Waals surface area contributed by atoms with E-state index in [0.717, 1.165) is 4.90 Å². The molecule has 0 radical (unpaired) electrons. The van der Waals surface area contributed by atoms with Crippen LogP contribution in [-0.2, 0) is 9.59 Å². The van der Waals surface area contributed by atoms with E-state index in [4.69, 9.17) is 21.1 Å². The molecule has 26 heavy (non-hydrogen) atoms. The molecule has 5 nitrogen and oxygen atoms in total. The van der Waals surface area contributed by atoms with E-state index in [2.05, 4.69) is 0 Å². The molecule has 0 saturated heterocycles. The lowest BCUT2D eigenvalue weighted by Crippen LogP contribution is -2.31. The van der Waals surface area contributed by atoms with Gasteiger partial charge in [-0.25, -0.2) is 4.90 Å². The molecule has 0 atom stereocenters. The maximum atomic E-state index is 12.9. The van der Waals surface area contributed by atoms with Crippen LogP contribution in [0.2, 0.25) is 0 Å². The Balaban J connectivity index is 1.93. The molecule has 0 bridgehead atoms. The van der Waals surface area contributed by atoms with E-state index >= 15 is 0 Å². The summed E-state index contributed by atoms with van der Waals surface area (Å²) in [6.07, 6.45) is 0. The maximum absolute atomic E-state index is 12.9. The maximum Gasteiger partial charge on any atom is 0.277 e. The quantitative estimate of drug-likeness (QED) is 0.720. The first-order chi connectivity index (χ1) is 12.6. The normalized spacial score (nSPS) is 14.2. The summed E-state index contributed by atoms with van der Waals surface area (Å²) in [5.74, 6) is 0.259. The fourth-order valence-electron chi connectivity index (χ4n) is 2.75. The van der Waals surface area contributed by atoms with Crippen molar-refractivity contribution in [3.8, 4) is 11.5 Å². The van der Waals surface area contributed by atoms with Gasteiger partial charge in [-0.1, -0.05) is 29.8 Å². The van der Waals surface area contributed by atoms with Crippen LogP contribution >= 0.6 is 11.6 Å². The van der Waals surface area contributed by atoms with Gasteiger partial charge in [-0.2, -0.15) is 0 Å². The van der Waals surface area contributed by atoms with Gasteiger partial charge in [-0.15, -0.1) is 0 Å². The van der Waals surface area contributed by atoms with Crippen LogP contribution in [0.5, 0.6) is 11.5 Å². The van der Waals surface area contributed by atoms with Gasteiger partial charge in [-0.05, 0) is 43.7 Å². The lowest BCUT2D eigenvalue weighted by Gasteiger charge is -2.16. The zero-order chi connectivity index (χ0) is 18.7. The molecule has 0 saturated carbocycles. The minimum Gasteiger partial charge on any atom is -0.494 e. The third-order valence-corrected chi connectivity index (χ3v) is 4.22. The lowest BCUT2D eigenvalue weighted by molar-refractivity contribution is -0.119. The summed E-state index contributed by atoms with van der Waals surface area (Å²) in [5, 5.41) is -0.0963. The highest BCUT2D eigenvalue weighted by molar-refractivity contribution is 6.60. The number of carbonyl (C=O) groups excluding carboxylic acids is 2. The van der Waals surface area contributed by atoms with Gasteiger partial charge in [0, 0.05) is 6.07 Å². The van der Waals surface area contributed by atoms with Crippen molar-refractivity contribution in [1.29, 1.82) is 0 Å². The largest absolute Gasteiger partial charge is 0.494 e. The van der Waals surface area contributed by atoms with Crippen molar-refractivity contribution in [3.63, 3.8) is 0 Å². The molecule has 0 aromatic heterocycles. The molecular formula is C20H18ClNO4. The van der Waals surface area contributed by atoms with Gasteiger partial charge >= 0.3 is 0 Å². The van der Waals surface area contributed by atoms with Gasteiger partial charge < -0.3 is 9.47 Å². The third kappa shape index (κ3) is 3.30. The number of imide groups is 1. The summed E-state index contributed by atoms with van der Waals surface area (Å²) in [7, 11) is 0.